The molecule has 5 aromatic carbocycles. The molecular formula is C61H80F2IN7O7. The number of carbonyl (C=O) groups excluding carboxylic acids is 2. The Morgan fingerprint density at radius 1 is 0.667 bits per heavy atom. The number of anilines is 4. The molecule has 1 aromatic heterocycles. The average Bonchev–Trinajstić information content (AvgIpc) is 4.11. The molecule has 0 saturated carbocycles. The summed E-state index contributed by atoms with van der Waals surface area (Å²) in [6.07, 6.45) is 3.47. The van der Waals surface area contributed by atoms with Crippen LogP contribution in [0.1, 0.15) is 100 Å². The van der Waals surface area contributed by atoms with E-state index in [4.69, 9.17) is 18.9 Å². The van der Waals surface area contributed by atoms with Gasteiger partial charge in [-0.05, 0) is 169 Å². The Morgan fingerprint density at radius 2 is 1.13 bits per heavy atom. The van der Waals surface area contributed by atoms with E-state index in [1.807, 2.05) is 127 Å². The van der Waals surface area contributed by atoms with Gasteiger partial charge in [0.25, 0.3) is 0 Å². The van der Waals surface area contributed by atoms with Crippen molar-refractivity contribution < 1.29 is 42.4 Å². The number of phenolic OH excluding ortho intramolecular Hbond substituents is 1. The largest absolute Gasteiger partial charge is 0.508 e. The summed E-state index contributed by atoms with van der Waals surface area (Å²) in [5.41, 5.74) is 5.80. The fraction of sp³-hybridized carbons (Fsp3) is 0.443. The van der Waals surface area contributed by atoms with Gasteiger partial charge in [0.1, 0.15) is 52.6 Å². The topological polar surface area (TPSA) is 135 Å². The SMILES string of the molecule is C.C.CI.Cc1cc(N2CCN(c3ccc(C(=O)OC(C)(C)C)cc3)CC2)ccc1O.Cc1cc(N2CCN(c3ccc(C(=O)OC(C)(C)C)cc3)CC2)ccc1OC[C@@H]1CO[C@@](Cn2cncn2)(c2ccc(F)cc2F)C1. The zero-order chi connectivity index (χ0) is 54.8. The molecule has 0 radical (unpaired) electrons. The van der Waals surface area contributed by atoms with Crippen molar-refractivity contribution in [2.24, 2.45) is 5.92 Å². The third kappa shape index (κ3) is 16.5. The molecule has 1 N–H and O–H groups in total. The third-order valence-corrected chi connectivity index (χ3v) is 13.4. The van der Waals surface area contributed by atoms with Crippen molar-refractivity contribution in [1.82, 2.24) is 14.8 Å². The number of ether oxygens (including phenoxy) is 4. The Bertz CT molecular complexity index is 2860. The lowest BCUT2D eigenvalue weighted by Gasteiger charge is -2.37. The highest BCUT2D eigenvalue weighted by molar-refractivity contribution is 14.1. The van der Waals surface area contributed by atoms with Gasteiger partial charge in [0, 0.05) is 92.7 Å². The fourth-order valence-electron chi connectivity index (χ4n) is 9.56. The van der Waals surface area contributed by atoms with Crippen molar-refractivity contribution in [3.05, 3.63) is 155 Å². The first-order valence-electron chi connectivity index (χ1n) is 25.7. The highest BCUT2D eigenvalue weighted by Gasteiger charge is 2.45. The van der Waals surface area contributed by atoms with E-state index in [9.17, 15) is 23.5 Å². The molecule has 14 nitrogen and oxygen atoms in total. The molecule has 6 aromatic rings. The summed E-state index contributed by atoms with van der Waals surface area (Å²) in [6, 6.07) is 30.8. The number of halogens is 3. The summed E-state index contributed by atoms with van der Waals surface area (Å²) in [4.78, 5) is 39.8. The number of hydrogen-bond donors (Lipinski definition) is 1. The van der Waals surface area contributed by atoms with Crippen LogP contribution in [0.3, 0.4) is 0 Å². The van der Waals surface area contributed by atoms with E-state index in [0.717, 1.165) is 98.1 Å². The smallest absolute Gasteiger partial charge is 0.338 e. The van der Waals surface area contributed by atoms with Gasteiger partial charge in [-0.3, -0.25) is 0 Å². The van der Waals surface area contributed by atoms with Gasteiger partial charge in [0.2, 0.25) is 0 Å². The lowest BCUT2D eigenvalue weighted by molar-refractivity contribution is -0.0206. The molecule has 17 heteroatoms. The standard InChI is InChI=1S/C36H41F2N5O4.C22H28N2O3.CH3I.2CH4/c1-25-17-30(42-15-13-41(14-16-42)29-8-5-27(6-9-29)34(44)47-35(2,3)4)10-12-33(25)45-20-26-19-36(46-21-26,22-43-24-39-23-40-43)31-11-7-28(37)18-32(31)38;1-16-15-19(9-10-20(16)25)24-13-11-23(12-14-24)18-7-5-17(6-8-18)21(26)27-22(2,3)4;1-2;;/h5-12,17-18,23-24,26H,13-16,19-22H2,1-4H3;5-10,15,25H,11-14H2,1-4H3;1H3;2*1H4/t26-,36+;;;;/m1..../s1. The number of benzene rings is 5. The van der Waals surface area contributed by atoms with Crippen molar-refractivity contribution >= 4 is 57.3 Å². The normalized spacial score (nSPS) is 17.3. The number of aromatic hydroxyl groups is 1. The Balaban J connectivity index is 0.000000309. The summed E-state index contributed by atoms with van der Waals surface area (Å²) in [6.45, 7) is 23.3. The lowest BCUT2D eigenvalue weighted by atomic mass is 9.87. The van der Waals surface area contributed by atoms with Gasteiger partial charge in [0.15, 0.2) is 0 Å². The number of piperazine rings is 2. The second kappa shape index (κ2) is 27.4. The van der Waals surface area contributed by atoms with Crippen molar-refractivity contribution in [3.8, 4) is 11.5 Å². The van der Waals surface area contributed by atoms with Crippen molar-refractivity contribution in [2.75, 3.05) is 90.1 Å². The van der Waals surface area contributed by atoms with Crippen LogP contribution in [0.5, 0.6) is 11.5 Å². The van der Waals surface area contributed by atoms with Crippen LogP contribution in [-0.2, 0) is 26.4 Å². The van der Waals surface area contributed by atoms with Crippen LogP contribution in [0.25, 0.3) is 0 Å². The second-order valence-corrected chi connectivity index (χ2v) is 21.4. The van der Waals surface area contributed by atoms with E-state index in [0.29, 0.717) is 42.1 Å². The summed E-state index contributed by atoms with van der Waals surface area (Å²) in [5, 5.41) is 13.9. The first kappa shape index (κ1) is 62.4. The van der Waals surface area contributed by atoms with Crippen LogP contribution in [0.15, 0.2) is 116 Å². The Hall–Kier alpha value is -6.47. The van der Waals surface area contributed by atoms with E-state index in [2.05, 4.69) is 64.4 Å². The van der Waals surface area contributed by atoms with E-state index < -0.39 is 28.4 Å². The Kier molecular flexibility index (Phi) is 21.9. The molecule has 3 aliphatic heterocycles. The predicted molar refractivity (Wildman–Crippen MR) is 317 cm³/mol. The average molecular weight is 1190 g/mol. The van der Waals surface area contributed by atoms with Crippen molar-refractivity contribution in [2.45, 2.75) is 100 Å². The number of phenols is 1. The van der Waals surface area contributed by atoms with Gasteiger partial charge >= 0.3 is 11.9 Å². The number of aromatic nitrogens is 3. The maximum atomic E-state index is 15.0. The summed E-state index contributed by atoms with van der Waals surface area (Å²) < 4.78 is 53.7. The summed E-state index contributed by atoms with van der Waals surface area (Å²) in [7, 11) is 0. The van der Waals surface area contributed by atoms with Crippen LogP contribution in [-0.4, -0.2) is 114 Å². The summed E-state index contributed by atoms with van der Waals surface area (Å²) >= 11 is 2.15. The van der Waals surface area contributed by atoms with E-state index >= 15 is 0 Å². The molecule has 2 atom stereocenters. The zero-order valence-corrected chi connectivity index (χ0v) is 47.4. The molecule has 0 spiro atoms. The number of rotatable bonds is 12. The van der Waals surface area contributed by atoms with Gasteiger partial charge in [-0.15, -0.1) is 0 Å². The molecule has 0 unspecified atom stereocenters. The molecule has 9 rings (SSSR count). The molecule has 0 aliphatic carbocycles. The third-order valence-electron chi connectivity index (χ3n) is 13.4. The molecule has 0 amide bonds. The van der Waals surface area contributed by atoms with Gasteiger partial charge in [-0.1, -0.05) is 43.5 Å². The molecular weight excluding hydrogens is 1110 g/mol. The second-order valence-electron chi connectivity index (χ2n) is 21.4. The van der Waals surface area contributed by atoms with Gasteiger partial charge in [-0.2, -0.15) is 5.10 Å². The highest BCUT2D eigenvalue weighted by atomic mass is 127. The van der Waals surface area contributed by atoms with Gasteiger partial charge in [-0.25, -0.2) is 28.0 Å². The zero-order valence-electron chi connectivity index (χ0n) is 45.2. The molecule has 3 aliphatic rings. The molecule has 78 heavy (non-hydrogen) atoms. The van der Waals surface area contributed by atoms with Crippen LogP contribution >= 0.6 is 22.6 Å². The number of nitrogens with zero attached hydrogens (tertiary/aromatic N) is 7. The first-order valence-corrected chi connectivity index (χ1v) is 27.9. The van der Waals surface area contributed by atoms with Crippen LogP contribution in [0.4, 0.5) is 31.5 Å². The number of carbonyl (C=O) groups is 2. The molecule has 4 heterocycles. The molecule has 422 valence electrons. The van der Waals surface area contributed by atoms with E-state index in [1.54, 1.807) is 17.1 Å². The molecule has 3 fully saturated rings. The van der Waals surface area contributed by atoms with Crippen molar-refractivity contribution in [3.63, 3.8) is 0 Å². The minimum atomic E-state index is -1.01. The van der Waals surface area contributed by atoms with Crippen LogP contribution in [0, 0.1) is 31.4 Å². The Morgan fingerprint density at radius 3 is 1.56 bits per heavy atom. The van der Waals surface area contributed by atoms with Crippen LogP contribution in [0.2, 0.25) is 0 Å². The van der Waals surface area contributed by atoms with Crippen molar-refractivity contribution in [1.29, 1.82) is 0 Å². The van der Waals surface area contributed by atoms with E-state index in [-0.39, 0.29) is 39.3 Å². The quantitative estimate of drug-likeness (QED) is 0.0708. The number of esters is 2. The monoisotopic (exact) mass is 1190 g/mol. The van der Waals surface area contributed by atoms with Gasteiger partial charge < -0.3 is 43.7 Å². The minimum absolute atomic E-state index is 0. The fourth-order valence-corrected chi connectivity index (χ4v) is 9.56. The highest BCUT2D eigenvalue weighted by Crippen LogP contribution is 2.42. The van der Waals surface area contributed by atoms with E-state index in [1.165, 1.54) is 18.5 Å². The van der Waals surface area contributed by atoms with Crippen LogP contribution < -0.4 is 24.3 Å². The maximum Gasteiger partial charge on any atom is 0.338 e. The summed E-state index contributed by atoms with van der Waals surface area (Å²) in [5.74, 6) is -0.760. The maximum absolute atomic E-state index is 15.0. The lowest BCUT2D eigenvalue weighted by Crippen LogP contribution is -2.46. The number of hydrogen-bond acceptors (Lipinski definition) is 13. The number of aryl methyl sites for hydroxylation is 2. The Labute approximate surface area is 474 Å². The first-order chi connectivity index (χ1) is 36.2. The number of alkyl halides is 1. The van der Waals surface area contributed by atoms with Gasteiger partial charge in [0.05, 0.1) is 30.9 Å². The predicted octanol–water partition coefficient (Wildman–Crippen LogP) is 12.5. The molecule has 3 saturated heterocycles. The minimum Gasteiger partial charge on any atom is -0.508 e. The molecule has 0 bridgehead atoms.